The number of benzene rings is 2. The summed E-state index contributed by atoms with van der Waals surface area (Å²) in [5, 5.41) is 0. The standard InChI is InChI=1S/C30H44/c1-6-8-10-11-12-13-14-15-20-26-23(4)24(5)30-28(27(26)19-9-7-2)21-25-18-16-17-22(3)29(25)30/h16-18H,6-15,19-21H2,1-5H3. The van der Waals surface area contributed by atoms with Gasteiger partial charge in [0.25, 0.3) is 0 Å². The second-order valence-electron chi connectivity index (χ2n) is 9.67. The molecule has 164 valence electrons. The highest BCUT2D eigenvalue weighted by Crippen LogP contribution is 2.45. The van der Waals surface area contributed by atoms with E-state index in [0.29, 0.717) is 0 Å². The molecule has 2 aromatic carbocycles. The fourth-order valence-electron chi connectivity index (χ4n) is 5.59. The summed E-state index contributed by atoms with van der Waals surface area (Å²) in [5.41, 5.74) is 14.4. The molecular weight excluding hydrogens is 360 g/mol. The van der Waals surface area contributed by atoms with Crippen molar-refractivity contribution in [2.75, 3.05) is 0 Å². The van der Waals surface area contributed by atoms with Gasteiger partial charge in [-0.25, -0.2) is 0 Å². The molecule has 30 heavy (non-hydrogen) atoms. The van der Waals surface area contributed by atoms with Crippen LogP contribution in [0.5, 0.6) is 0 Å². The Hall–Kier alpha value is -1.56. The van der Waals surface area contributed by atoms with Gasteiger partial charge in [0, 0.05) is 0 Å². The van der Waals surface area contributed by atoms with Crippen LogP contribution in [0.15, 0.2) is 18.2 Å². The Bertz CT molecular complexity index is 840. The van der Waals surface area contributed by atoms with Gasteiger partial charge in [-0.1, -0.05) is 83.4 Å². The lowest BCUT2D eigenvalue weighted by Gasteiger charge is -2.22. The van der Waals surface area contributed by atoms with Gasteiger partial charge in [0.2, 0.25) is 0 Å². The van der Waals surface area contributed by atoms with E-state index < -0.39 is 0 Å². The molecule has 0 saturated heterocycles. The van der Waals surface area contributed by atoms with Gasteiger partial charge in [0.15, 0.2) is 0 Å². The van der Waals surface area contributed by atoms with E-state index in [1.54, 1.807) is 44.5 Å². The van der Waals surface area contributed by atoms with Gasteiger partial charge >= 0.3 is 0 Å². The third kappa shape index (κ3) is 5.01. The largest absolute Gasteiger partial charge is 0.0654 e. The van der Waals surface area contributed by atoms with Crippen LogP contribution in [0.3, 0.4) is 0 Å². The molecule has 0 atom stereocenters. The Kier molecular flexibility index (Phi) is 8.61. The summed E-state index contributed by atoms with van der Waals surface area (Å²) in [6, 6.07) is 6.90. The quantitative estimate of drug-likeness (QED) is 0.264. The van der Waals surface area contributed by atoms with Crippen molar-refractivity contribution >= 4 is 0 Å². The molecule has 0 aliphatic heterocycles. The van der Waals surface area contributed by atoms with E-state index in [4.69, 9.17) is 0 Å². The van der Waals surface area contributed by atoms with Gasteiger partial charge in [0.05, 0.1) is 0 Å². The van der Waals surface area contributed by atoms with E-state index in [9.17, 15) is 0 Å². The zero-order valence-electron chi connectivity index (χ0n) is 20.4. The number of aryl methyl sites for hydroxylation is 1. The summed E-state index contributed by atoms with van der Waals surface area (Å²) in [6.07, 6.45) is 17.5. The fourth-order valence-corrected chi connectivity index (χ4v) is 5.59. The molecule has 0 N–H and O–H groups in total. The molecule has 0 fully saturated rings. The average Bonchev–Trinajstić information content (AvgIpc) is 3.13. The van der Waals surface area contributed by atoms with Crippen molar-refractivity contribution in [3.8, 4) is 11.1 Å². The molecule has 0 aromatic heterocycles. The molecule has 2 aromatic rings. The van der Waals surface area contributed by atoms with Gasteiger partial charge in [-0.2, -0.15) is 0 Å². The maximum atomic E-state index is 2.40. The number of hydrogen-bond donors (Lipinski definition) is 0. The van der Waals surface area contributed by atoms with Crippen molar-refractivity contribution < 1.29 is 0 Å². The molecule has 0 radical (unpaired) electrons. The highest BCUT2D eigenvalue weighted by Gasteiger charge is 2.27. The van der Waals surface area contributed by atoms with Crippen molar-refractivity contribution in [2.45, 2.75) is 118 Å². The lowest BCUT2D eigenvalue weighted by atomic mass is 9.83. The van der Waals surface area contributed by atoms with Crippen molar-refractivity contribution in [2.24, 2.45) is 0 Å². The summed E-state index contributed by atoms with van der Waals surface area (Å²) in [4.78, 5) is 0. The van der Waals surface area contributed by atoms with Crippen molar-refractivity contribution in [1.82, 2.24) is 0 Å². The van der Waals surface area contributed by atoms with Crippen LogP contribution in [-0.4, -0.2) is 0 Å². The van der Waals surface area contributed by atoms with E-state index >= 15 is 0 Å². The predicted molar refractivity (Wildman–Crippen MR) is 134 cm³/mol. The molecule has 0 heterocycles. The van der Waals surface area contributed by atoms with Gasteiger partial charge in [0.1, 0.15) is 0 Å². The molecule has 0 saturated carbocycles. The summed E-state index contributed by atoms with van der Waals surface area (Å²) in [6.45, 7) is 11.7. The first-order valence-corrected chi connectivity index (χ1v) is 12.8. The first-order chi connectivity index (χ1) is 14.6. The Labute approximate surface area is 186 Å². The molecular formula is C30H44. The van der Waals surface area contributed by atoms with Gasteiger partial charge in [-0.3, -0.25) is 0 Å². The van der Waals surface area contributed by atoms with Crippen LogP contribution in [0.1, 0.15) is 117 Å². The molecule has 0 unspecified atom stereocenters. The zero-order valence-corrected chi connectivity index (χ0v) is 20.4. The van der Waals surface area contributed by atoms with Gasteiger partial charge in [-0.05, 0) is 103 Å². The van der Waals surface area contributed by atoms with Crippen LogP contribution in [-0.2, 0) is 19.3 Å². The van der Waals surface area contributed by atoms with Crippen LogP contribution in [0, 0.1) is 20.8 Å². The van der Waals surface area contributed by atoms with Crippen LogP contribution >= 0.6 is 0 Å². The van der Waals surface area contributed by atoms with Crippen LogP contribution < -0.4 is 0 Å². The minimum Gasteiger partial charge on any atom is -0.0654 e. The van der Waals surface area contributed by atoms with Crippen LogP contribution in [0.25, 0.3) is 11.1 Å². The first kappa shape index (κ1) is 23.1. The Morgan fingerprint density at radius 2 is 1.27 bits per heavy atom. The second kappa shape index (κ2) is 11.2. The first-order valence-electron chi connectivity index (χ1n) is 12.8. The molecule has 0 nitrogen and oxygen atoms in total. The highest BCUT2D eigenvalue weighted by molar-refractivity contribution is 5.84. The van der Waals surface area contributed by atoms with Gasteiger partial charge in [-0.15, -0.1) is 0 Å². The smallest absolute Gasteiger partial charge is 0.00104 e. The monoisotopic (exact) mass is 404 g/mol. The van der Waals surface area contributed by atoms with E-state index in [0.717, 1.165) is 6.42 Å². The molecule has 0 amide bonds. The lowest BCUT2D eigenvalue weighted by molar-refractivity contribution is 0.574. The number of unbranched alkanes of at least 4 members (excludes halogenated alkanes) is 8. The van der Waals surface area contributed by atoms with Crippen molar-refractivity contribution in [3.63, 3.8) is 0 Å². The molecule has 1 aliphatic carbocycles. The molecule has 0 bridgehead atoms. The van der Waals surface area contributed by atoms with Crippen LogP contribution in [0.4, 0.5) is 0 Å². The average molecular weight is 405 g/mol. The van der Waals surface area contributed by atoms with Crippen LogP contribution in [0.2, 0.25) is 0 Å². The van der Waals surface area contributed by atoms with Crippen molar-refractivity contribution in [1.29, 1.82) is 0 Å². The third-order valence-electron chi connectivity index (χ3n) is 7.46. The third-order valence-corrected chi connectivity index (χ3v) is 7.46. The fraction of sp³-hybridized carbons (Fsp3) is 0.600. The maximum Gasteiger partial charge on any atom is -0.00104 e. The number of rotatable bonds is 12. The minimum absolute atomic E-state index is 1.15. The topological polar surface area (TPSA) is 0 Å². The summed E-state index contributed by atoms with van der Waals surface area (Å²) in [5.74, 6) is 0. The highest BCUT2D eigenvalue weighted by atomic mass is 14.3. The summed E-state index contributed by atoms with van der Waals surface area (Å²) < 4.78 is 0. The molecule has 0 spiro atoms. The van der Waals surface area contributed by atoms with Gasteiger partial charge < -0.3 is 0 Å². The van der Waals surface area contributed by atoms with E-state index in [-0.39, 0.29) is 0 Å². The number of fused-ring (bicyclic) bond motifs is 3. The Morgan fingerprint density at radius 1 is 0.633 bits per heavy atom. The van der Waals surface area contributed by atoms with E-state index in [1.807, 2.05) is 0 Å². The SMILES string of the molecule is CCCCCCCCCCc1c(C)c(C)c2c(c1CCCC)Cc1cccc(C)c1-2. The Balaban J connectivity index is 1.80. The van der Waals surface area contributed by atoms with Crippen molar-refractivity contribution in [3.05, 3.63) is 57.1 Å². The molecule has 3 rings (SSSR count). The normalized spacial score (nSPS) is 12.3. The molecule has 1 aliphatic rings. The zero-order chi connectivity index (χ0) is 21.5. The minimum atomic E-state index is 1.15. The molecule has 0 heteroatoms. The predicted octanol–water partition coefficient (Wildman–Crippen LogP) is 9.21. The Morgan fingerprint density at radius 3 is 1.97 bits per heavy atom. The lowest BCUT2D eigenvalue weighted by Crippen LogP contribution is -2.06. The second-order valence-corrected chi connectivity index (χ2v) is 9.67. The number of hydrogen-bond acceptors (Lipinski definition) is 0. The van der Waals surface area contributed by atoms with E-state index in [2.05, 4.69) is 52.8 Å². The maximum absolute atomic E-state index is 2.40. The van der Waals surface area contributed by atoms with E-state index in [1.165, 1.54) is 82.6 Å². The summed E-state index contributed by atoms with van der Waals surface area (Å²) in [7, 11) is 0. The summed E-state index contributed by atoms with van der Waals surface area (Å²) >= 11 is 0.